The molecule has 0 spiro atoms. The lowest BCUT2D eigenvalue weighted by Gasteiger charge is -2.03. The van der Waals surface area contributed by atoms with Crippen LogP contribution in [0.25, 0.3) is 0 Å². The summed E-state index contributed by atoms with van der Waals surface area (Å²) < 4.78 is 10.0. The monoisotopic (exact) mass is 206 g/mol. The number of esters is 1. The van der Waals surface area contributed by atoms with Crippen molar-refractivity contribution in [3.63, 3.8) is 0 Å². The van der Waals surface area contributed by atoms with Crippen molar-refractivity contribution in [2.24, 2.45) is 0 Å². The minimum atomic E-state index is -0.242. The molecule has 0 unspecified atom stereocenters. The van der Waals surface area contributed by atoms with Gasteiger partial charge >= 0.3 is 5.97 Å². The van der Waals surface area contributed by atoms with E-state index in [4.69, 9.17) is 9.47 Å². The van der Waals surface area contributed by atoms with Gasteiger partial charge < -0.3 is 9.47 Å². The Morgan fingerprint density at radius 2 is 1.92 bits per heavy atom. The molecular weight excluding hydrogens is 188 g/mol. The fourth-order valence-electron chi connectivity index (χ4n) is 0.859. The van der Waals surface area contributed by atoms with Crippen molar-refractivity contribution in [1.29, 1.82) is 0 Å². The molecule has 0 aliphatic rings. The second kappa shape index (κ2) is 9.86. The Morgan fingerprint density at radius 3 is 2.54 bits per heavy atom. The van der Waals surface area contributed by atoms with E-state index in [9.17, 15) is 4.79 Å². The van der Waals surface area contributed by atoms with Crippen LogP contribution in [0.4, 0.5) is 0 Å². The molecule has 13 heavy (non-hydrogen) atoms. The van der Waals surface area contributed by atoms with Crippen molar-refractivity contribution in [1.82, 2.24) is 0 Å². The number of hydrogen-bond donors (Lipinski definition) is 1. The normalized spacial score (nSPS) is 10.0. The second-order valence-electron chi connectivity index (χ2n) is 2.64. The zero-order valence-electron chi connectivity index (χ0n) is 8.12. The highest BCUT2D eigenvalue weighted by Crippen LogP contribution is 1.97. The lowest BCUT2D eigenvalue weighted by Crippen LogP contribution is -2.07. The van der Waals surface area contributed by atoms with Crippen molar-refractivity contribution < 1.29 is 14.3 Å². The maximum atomic E-state index is 10.6. The van der Waals surface area contributed by atoms with Crippen LogP contribution in [0.2, 0.25) is 0 Å². The zero-order chi connectivity index (χ0) is 9.94. The molecule has 0 rings (SSSR count). The number of rotatable bonds is 8. The average Bonchev–Trinajstić information content (AvgIpc) is 2.16. The van der Waals surface area contributed by atoms with E-state index in [0.717, 1.165) is 32.5 Å². The van der Waals surface area contributed by atoms with Crippen LogP contribution in [0.3, 0.4) is 0 Å². The fourth-order valence-corrected chi connectivity index (χ4v) is 0.950. The highest BCUT2D eigenvalue weighted by Gasteiger charge is 1.97. The van der Waals surface area contributed by atoms with E-state index in [2.05, 4.69) is 12.6 Å². The third-order valence-corrected chi connectivity index (χ3v) is 1.79. The highest BCUT2D eigenvalue weighted by atomic mass is 32.1. The SMILES string of the molecule is CCOCCCCCOC(=O)CS. The lowest BCUT2D eigenvalue weighted by atomic mass is 10.2. The first-order chi connectivity index (χ1) is 6.31. The summed E-state index contributed by atoms with van der Waals surface area (Å²) >= 11 is 3.79. The van der Waals surface area contributed by atoms with E-state index >= 15 is 0 Å². The van der Waals surface area contributed by atoms with Gasteiger partial charge in [0.1, 0.15) is 0 Å². The smallest absolute Gasteiger partial charge is 0.315 e. The Labute approximate surface area is 85.2 Å². The van der Waals surface area contributed by atoms with Gasteiger partial charge in [-0.25, -0.2) is 0 Å². The molecule has 0 bridgehead atoms. The van der Waals surface area contributed by atoms with Gasteiger partial charge in [0.05, 0.1) is 12.4 Å². The fraction of sp³-hybridized carbons (Fsp3) is 0.889. The third kappa shape index (κ3) is 9.70. The van der Waals surface area contributed by atoms with Gasteiger partial charge in [0, 0.05) is 13.2 Å². The molecule has 3 nitrogen and oxygen atoms in total. The predicted octanol–water partition coefficient (Wildman–Crippen LogP) is 1.67. The standard InChI is InChI=1S/C9H18O3S/c1-2-11-6-4-3-5-7-12-9(10)8-13/h13H,2-8H2,1H3. The minimum Gasteiger partial charge on any atom is -0.465 e. The summed E-state index contributed by atoms with van der Waals surface area (Å²) in [6.07, 6.45) is 2.98. The van der Waals surface area contributed by atoms with Crippen molar-refractivity contribution >= 4 is 18.6 Å². The number of thiol groups is 1. The Morgan fingerprint density at radius 1 is 1.23 bits per heavy atom. The number of hydrogen-bond acceptors (Lipinski definition) is 4. The second-order valence-corrected chi connectivity index (χ2v) is 2.95. The number of carbonyl (C=O) groups is 1. The largest absolute Gasteiger partial charge is 0.465 e. The van der Waals surface area contributed by atoms with Crippen LogP contribution in [-0.4, -0.2) is 31.5 Å². The van der Waals surface area contributed by atoms with E-state index in [0.29, 0.717) is 6.61 Å². The lowest BCUT2D eigenvalue weighted by molar-refractivity contribution is -0.140. The predicted molar refractivity (Wildman–Crippen MR) is 55.2 cm³/mol. The molecule has 0 fully saturated rings. The molecule has 4 heteroatoms. The third-order valence-electron chi connectivity index (χ3n) is 1.53. The Balaban J connectivity index is 2.95. The molecule has 0 aliphatic carbocycles. The molecule has 0 aromatic heterocycles. The van der Waals surface area contributed by atoms with E-state index < -0.39 is 0 Å². The van der Waals surface area contributed by atoms with Crippen molar-refractivity contribution in [2.45, 2.75) is 26.2 Å². The van der Waals surface area contributed by atoms with Crippen LogP contribution in [0, 0.1) is 0 Å². The van der Waals surface area contributed by atoms with Gasteiger partial charge in [0.2, 0.25) is 0 Å². The van der Waals surface area contributed by atoms with Gasteiger partial charge in [-0.1, -0.05) is 0 Å². The first-order valence-electron chi connectivity index (χ1n) is 4.65. The van der Waals surface area contributed by atoms with Crippen LogP contribution < -0.4 is 0 Å². The average molecular weight is 206 g/mol. The summed E-state index contributed by atoms with van der Waals surface area (Å²) in [7, 11) is 0. The first-order valence-corrected chi connectivity index (χ1v) is 5.28. The topological polar surface area (TPSA) is 35.5 Å². The van der Waals surface area contributed by atoms with E-state index in [1.807, 2.05) is 6.92 Å². The molecule has 0 saturated heterocycles. The van der Waals surface area contributed by atoms with E-state index in [-0.39, 0.29) is 11.7 Å². The Bertz CT molecular complexity index is 128. The molecule has 0 amide bonds. The van der Waals surface area contributed by atoms with E-state index in [1.54, 1.807) is 0 Å². The molecule has 0 aliphatic heterocycles. The number of carbonyl (C=O) groups excluding carboxylic acids is 1. The molecule has 0 aromatic rings. The quantitative estimate of drug-likeness (QED) is 0.373. The maximum Gasteiger partial charge on any atom is 0.315 e. The summed E-state index contributed by atoms with van der Waals surface area (Å²) in [5.74, 6) is -0.0768. The van der Waals surface area contributed by atoms with Crippen molar-refractivity contribution in [2.75, 3.05) is 25.6 Å². The molecular formula is C9H18O3S. The first kappa shape index (κ1) is 12.8. The number of ether oxygens (including phenoxy) is 2. The van der Waals surface area contributed by atoms with Crippen LogP contribution in [-0.2, 0) is 14.3 Å². The van der Waals surface area contributed by atoms with Crippen molar-refractivity contribution in [3.8, 4) is 0 Å². The molecule has 0 N–H and O–H groups in total. The molecule has 0 heterocycles. The molecule has 0 aromatic carbocycles. The molecule has 78 valence electrons. The molecule has 0 radical (unpaired) electrons. The van der Waals surface area contributed by atoms with Gasteiger partial charge in [-0.3, -0.25) is 4.79 Å². The van der Waals surface area contributed by atoms with E-state index in [1.165, 1.54) is 0 Å². The van der Waals surface area contributed by atoms with Crippen molar-refractivity contribution in [3.05, 3.63) is 0 Å². The van der Waals surface area contributed by atoms with Gasteiger partial charge in [-0.05, 0) is 26.2 Å². The molecule has 0 saturated carbocycles. The highest BCUT2D eigenvalue weighted by molar-refractivity contribution is 7.81. The molecule has 0 atom stereocenters. The van der Waals surface area contributed by atoms with Gasteiger partial charge in [0.25, 0.3) is 0 Å². The minimum absolute atomic E-state index is 0.166. The van der Waals surface area contributed by atoms with Gasteiger partial charge in [-0.15, -0.1) is 0 Å². The summed E-state index contributed by atoms with van der Waals surface area (Å²) in [6, 6.07) is 0. The summed E-state index contributed by atoms with van der Waals surface area (Å²) in [5, 5.41) is 0. The summed E-state index contributed by atoms with van der Waals surface area (Å²) in [4.78, 5) is 10.6. The Kier molecular flexibility index (Phi) is 9.70. The maximum absolute atomic E-state index is 10.6. The van der Waals surface area contributed by atoms with Gasteiger partial charge in [0.15, 0.2) is 0 Å². The van der Waals surface area contributed by atoms with Gasteiger partial charge in [-0.2, -0.15) is 12.6 Å². The number of unbranched alkanes of at least 4 members (excludes halogenated alkanes) is 2. The van der Waals surface area contributed by atoms with Crippen LogP contribution in [0.1, 0.15) is 26.2 Å². The Hall–Kier alpha value is -0.220. The summed E-state index contributed by atoms with van der Waals surface area (Å²) in [5.41, 5.74) is 0. The van der Waals surface area contributed by atoms with Crippen LogP contribution >= 0.6 is 12.6 Å². The summed E-state index contributed by atoms with van der Waals surface area (Å²) in [6.45, 7) is 4.06. The zero-order valence-corrected chi connectivity index (χ0v) is 9.02. The van der Waals surface area contributed by atoms with Crippen LogP contribution in [0.15, 0.2) is 0 Å². The van der Waals surface area contributed by atoms with Crippen LogP contribution in [0.5, 0.6) is 0 Å².